The van der Waals surface area contributed by atoms with Crippen LogP contribution in [0.5, 0.6) is 0 Å². The molecule has 2 atom stereocenters. The van der Waals surface area contributed by atoms with Gasteiger partial charge >= 0.3 is 5.97 Å². The van der Waals surface area contributed by atoms with Gasteiger partial charge in [0.1, 0.15) is 6.04 Å². The Hall–Kier alpha value is -1.35. The molecule has 0 aromatic heterocycles. The van der Waals surface area contributed by atoms with E-state index in [4.69, 9.17) is 4.74 Å². The standard InChI is InChI=1S/C14H19NO2/c1-2-17-14(16)13-9-8-12(15-13)10-11-6-4-3-5-7-11/h3-7,12-13,15H,2,8-10H2,1H3/t12-,13+/m0/s1. The Bertz CT molecular complexity index is 364. The van der Waals surface area contributed by atoms with Gasteiger partial charge in [-0.25, -0.2) is 0 Å². The van der Waals surface area contributed by atoms with E-state index in [0.29, 0.717) is 12.6 Å². The van der Waals surface area contributed by atoms with Crippen LogP contribution < -0.4 is 5.32 Å². The van der Waals surface area contributed by atoms with E-state index in [-0.39, 0.29) is 12.0 Å². The molecule has 1 saturated heterocycles. The van der Waals surface area contributed by atoms with E-state index >= 15 is 0 Å². The van der Waals surface area contributed by atoms with Crippen LogP contribution in [0.3, 0.4) is 0 Å². The van der Waals surface area contributed by atoms with Gasteiger partial charge in [-0.2, -0.15) is 0 Å². The predicted octanol–water partition coefficient (Wildman–Crippen LogP) is 1.91. The maximum absolute atomic E-state index is 11.6. The summed E-state index contributed by atoms with van der Waals surface area (Å²) < 4.78 is 5.02. The first-order chi connectivity index (χ1) is 8.29. The average Bonchev–Trinajstić information content (AvgIpc) is 2.79. The van der Waals surface area contributed by atoms with Crippen molar-refractivity contribution in [3.05, 3.63) is 35.9 Å². The smallest absolute Gasteiger partial charge is 0.323 e. The van der Waals surface area contributed by atoms with E-state index in [9.17, 15) is 4.79 Å². The Morgan fingerprint density at radius 3 is 2.82 bits per heavy atom. The highest BCUT2D eigenvalue weighted by Crippen LogP contribution is 2.17. The van der Waals surface area contributed by atoms with Crippen molar-refractivity contribution in [1.82, 2.24) is 5.32 Å². The zero-order valence-electron chi connectivity index (χ0n) is 10.2. The summed E-state index contributed by atoms with van der Waals surface area (Å²) >= 11 is 0. The van der Waals surface area contributed by atoms with Crippen molar-refractivity contribution in [2.75, 3.05) is 6.61 Å². The quantitative estimate of drug-likeness (QED) is 0.807. The molecule has 0 spiro atoms. The van der Waals surface area contributed by atoms with Crippen LogP contribution in [-0.4, -0.2) is 24.7 Å². The van der Waals surface area contributed by atoms with Crippen LogP contribution in [0.15, 0.2) is 30.3 Å². The van der Waals surface area contributed by atoms with Crippen molar-refractivity contribution in [3.8, 4) is 0 Å². The Labute approximate surface area is 102 Å². The lowest BCUT2D eigenvalue weighted by atomic mass is 10.0. The molecule has 1 aromatic rings. The summed E-state index contributed by atoms with van der Waals surface area (Å²) in [6, 6.07) is 10.7. The fraction of sp³-hybridized carbons (Fsp3) is 0.500. The molecular formula is C14H19NO2. The number of benzene rings is 1. The molecule has 1 fully saturated rings. The molecule has 0 amide bonds. The molecule has 0 unspecified atom stereocenters. The van der Waals surface area contributed by atoms with Gasteiger partial charge in [-0.3, -0.25) is 4.79 Å². The summed E-state index contributed by atoms with van der Waals surface area (Å²) in [7, 11) is 0. The third-order valence-corrected chi connectivity index (χ3v) is 3.14. The van der Waals surface area contributed by atoms with Crippen molar-refractivity contribution < 1.29 is 9.53 Å². The fourth-order valence-electron chi connectivity index (χ4n) is 2.31. The lowest BCUT2D eigenvalue weighted by Gasteiger charge is -2.13. The highest BCUT2D eigenvalue weighted by Gasteiger charge is 2.29. The Balaban J connectivity index is 1.84. The van der Waals surface area contributed by atoms with Crippen molar-refractivity contribution >= 4 is 5.97 Å². The summed E-state index contributed by atoms with van der Waals surface area (Å²) in [5.41, 5.74) is 1.31. The van der Waals surface area contributed by atoms with Gasteiger partial charge < -0.3 is 10.1 Å². The van der Waals surface area contributed by atoms with Crippen molar-refractivity contribution in [3.63, 3.8) is 0 Å². The molecule has 3 nitrogen and oxygen atoms in total. The SMILES string of the molecule is CCOC(=O)[C@H]1CC[C@@H](Cc2ccccc2)N1. The van der Waals surface area contributed by atoms with Crippen LogP contribution in [-0.2, 0) is 16.0 Å². The Kier molecular flexibility index (Phi) is 4.15. The second-order valence-electron chi connectivity index (χ2n) is 4.44. The van der Waals surface area contributed by atoms with E-state index in [1.807, 2.05) is 25.1 Å². The van der Waals surface area contributed by atoms with Gasteiger partial charge in [0, 0.05) is 6.04 Å². The molecular weight excluding hydrogens is 214 g/mol. The summed E-state index contributed by atoms with van der Waals surface area (Å²) in [4.78, 5) is 11.6. The number of esters is 1. The molecule has 17 heavy (non-hydrogen) atoms. The number of hydrogen-bond acceptors (Lipinski definition) is 3. The zero-order chi connectivity index (χ0) is 12.1. The fourth-order valence-corrected chi connectivity index (χ4v) is 2.31. The minimum Gasteiger partial charge on any atom is -0.465 e. The molecule has 1 heterocycles. The topological polar surface area (TPSA) is 38.3 Å². The van der Waals surface area contributed by atoms with Crippen molar-refractivity contribution in [2.45, 2.75) is 38.3 Å². The number of rotatable bonds is 4. The largest absolute Gasteiger partial charge is 0.465 e. The molecule has 0 bridgehead atoms. The van der Waals surface area contributed by atoms with E-state index < -0.39 is 0 Å². The van der Waals surface area contributed by atoms with E-state index in [2.05, 4.69) is 17.4 Å². The molecule has 0 radical (unpaired) electrons. The minimum atomic E-state index is -0.108. The van der Waals surface area contributed by atoms with Crippen LogP contribution in [0, 0.1) is 0 Å². The highest BCUT2D eigenvalue weighted by molar-refractivity contribution is 5.76. The molecule has 1 aromatic carbocycles. The van der Waals surface area contributed by atoms with Gasteiger partial charge in [0.05, 0.1) is 6.61 Å². The van der Waals surface area contributed by atoms with Crippen LogP contribution in [0.2, 0.25) is 0 Å². The number of hydrogen-bond donors (Lipinski definition) is 1. The van der Waals surface area contributed by atoms with Crippen molar-refractivity contribution in [1.29, 1.82) is 0 Å². The highest BCUT2D eigenvalue weighted by atomic mass is 16.5. The normalized spacial score (nSPS) is 23.6. The lowest BCUT2D eigenvalue weighted by molar-refractivity contribution is -0.145. The maximum Gasteiger partial charge on any atom is 0.323 e. The minimum absolute atomic E-state index is 0.108. The van der Waals surface area contributed by atoms with Crippen LogP contribution in [0.4, 0.5) is 0 Å². The van der Waals surface area contributed by atoms with Gasteiger partial charge in [-0.05, 0) is 31.7 Å². The van der Waals surface area contributed by atoms with E-state index in [1.165, 1.54) is 5.56 Å². The summed E-state index contributed by atoms with van der Waals surface area (Å²) in [6.45, 7) is 2.30. The van der Waals surface area contributed by atoms with Crippen molar-refractivity contribution in [2.24, 2.45) is 0 Å². The molecule has 3 heteroatoms. The molecule has 1 aliphatic rings. The first kappa shape index (κ1) is 12.1. The van der Waals surface area contributed by atoms with Gasteiger partial charge in [-0.1, -0.05) is 30.3 Å². The summed E-state index contributed by atoms with van der Waals surface area (Å²) in [5.74, 6) is -0.108. The monoisotopic (exact) mass is 233 g/mol. The van der Waals surface area contributed by atoms with E-state index in [0.717, 1.165) is 19.3 Å². The number of nitrogens with one attached hydrogen (secondary N) is 1. The van der Waals surface area contributed by atoms with Crippen LogP contribution in [0.1, 0.15) is 25.3 Å². The molecule has 0 saturated carbocycles. The summed E-state index contributed by atoms with van der Waals surface area (Å²) in [5, 5.41) is 3.35. The first-order valence-corrected chi connectivity index (χ1v) is 6.26. The zero-order valence-corrected chi connectivity index (χ0v) is 10.2. The molecule has 0 aliphatic carbocycles. The number of ether oxygens (including phenoxy) is 1. The number of carbonyl (C=O) groups excluding carboxylic acids is 1. The van der Waals surface area contributed by atoms with Gasteiger partial charge in [-0.15, -0.1) is 0 Å². The van der Waals surface area contributed by atoms with Gasteiger partial charge in [0.25, 0.3) is 0 Å². The summed E-state index contributed by atoms with van der Waals surface area (Å²) in [6.07, 6.45) is 2.91. The molecule has 92 valence electrons. The third kappa shape index (κ3) is 3.30. The average molecular weight is 233 g/mol. The van der Waals surface area contributed by atoms with Gasteiger partial charge in [0.15, 0.2) is 0 Å². The van der Waals surface area contributed by atoms with Crippen LogP contribution in [0.25, 0.3) is 0 Å². The maximum atomic E-state index is 11.6. The first-order valence-electron chi connectivity index (χ1n) is 6.26. The number of carbonyl (C=O) groups is 1. The van der Waals surface area contributed by atoms with E-state index in [1.54, 1.807) is 0 Å². The molecule has 2 rings (SSSR count). The lowest BCUT2D eigenvalue weighted by Crippen LogP contribution is -2.37. The molecule has 1 N–H and O–H groups in total. The predicted molar refractivity (Wildman–Crippen MR) is 66.7 cm³/mol. The second-order valence-corrected chi connectivity index (χ2v) is 4.44. The molecule has 1 aliphatic heterocycles. The Morgan fingerprint density at radius 2 is 2.12 bits per heavy atom. The Morgan fingerprint density at radius 1 is 1.35 bits per heavy atom. The van der Waals surface area contributed by atoms with Crippen LogP contribution >= 0.6 is 0 Å². The second kappa shape index (κ2) is 5.82. The van der Waals surface area contributed by atoms with Gasteiger partial charge in [0.2, 0.25) is 0 Å². The third-order valence-electron chi connectivity index (χ3n) is 3.14.